The van der Waals surface area contributed by atoms with Crippen LogP contribution in [0.1, 0.15) is 114 Å². The number of aliphatic hydroxyl groups excluding tert-OH is 1. The molecule has 2 aliphatic heterocycles. The number of anilines is 2. The predicted molar refractivity (Wildman–Crippen MR) is 277 cm³/mol. The summed E-state index contributed by atoms with van der Waals surface area (Å²) in [7, 11) is 0. The average Bonchev–Trinajstić information content (AvgIpc) is 4.01. The maximum Gasteiger partial charge on any atom is 0.262 e. The Kier molecular flexibility index (Phi) is 16.3. The van der Waals surface area contributed by atoms with Crippen LogP contribution in [0.4, 0.5) is 11.4 Å². The van der Waals surface area contributed by atoms with Crippen LogP contribution in [-0.2, 0) is 32.3 Å². The molecule has 0 unspecified atom stereocenters. The minimum Gasteiger partial charge on any atom is -0.482 e. The second-order valence-corrected chi connectivity index (χ2v) is 20.8. The Morgan fingerprint density at radius 2 is 1.55 bits per heavy atom. The molecule has 8 rings (SSSR count). The standard InChI is InChI=1S/C55H62N8O9S/c1-33-48(73-32-58-33)36-13-9-34(10-14-36)28-57-52(69)44-27-42(64)30-63(44)54(71)49(55(2,3)4)61-46(65)8-6-5-7-25-56-50(67)37-17-20-40(21-18-37)59-51(68)38-15-11-35(12-16-38)29-62(41-22-23-41)53(70)39-19-24-43-45(26-39)72-31-47(66)60-43/h9-21,24,26,32,41-42,44,49,64H,5-8,22-23,25,27-31H2,1-4H3,(H,56,67)(H,57,69)(H,59,68)(H,60,66)(H,61,65)/t42-,44+,49-/m1/s1. The Morgan fingerprint density at radius 3 is 2.23 bits per heavy atom. The first-order valence-corrected chi connectivity index (χ1v) is 25.6. The van der Waals surface area contributed by atoms with Crippen LogP contribution in [0.3, 0.4) is 0 Å². The molecule has 18 heteroatoms. The van der Waals surface area contributed by atoms with Crippen LogP contribution in [0.25, 0.3) is 10.4 Å². The van der Waals surface area contributed by atoms with Crippen molar-refractivity contribution in [1.29, 1.82) is 0 Å². The van der Waals surface area contributed by atoms with Gasteiger partial charge in [-0.1, -0.05) is 63.6 Å². The van der Waals surface area contributed by atoms with Gasteiger partial charge in [-0.2, -0.15) is 0 Å². The summed E-state index contributed by atoms with van der Waals surface area (Å²) in [6, 6.07) is 24.8. The lowest BCUT2D eigenvalue weighted by atomic mass is 9.85. The maximum absolute atomic E-state index is 14.0. The number of rotatable bonds is 19. The summed E-state index contributed by atoms with van der Waals surface area (Å²) in [5, 5.41) is 24.9. The Labute approximate surface area is 428 Å². The number of aryl methyl sites for hydroxylation is 1. The number of β-amino-alcohol motifs (C(OH)–C–C–N with tert-alkyl or cyclic N) is 1. The zero-order chi connectivity index (χ0) is 51.8. The van der Waals surface area contributed by atoms with Gasteiger partial charge in [0.2, 0.25) is 17.7 Å². The van der Waals surface area contributed by atoms with Gasteiger partial charge >= 0.3 is 0 Å². The van der Waals surface area contributed by atoms with Gasteiger partial charge in [-0.05, 0) is 109 Å². The van der Waals surface area contributed by atoms with Gasteiger partial charge in [0.25, 0.3) is 23.6 Å². The fraction of sp³-hybridized carbons (Fsp3) is 0.382. The molecule has 2 fully saturated rings. The number of hydrogen-bond acceptors (Lipinski definition) is 11. The summed E-state index contributed by atoms with van der Waals surface area (Å²) >= 11 is 1.57. The zero-order valence-electron chi connectivity index (χ0n) is 41.5. The molecule has 3 aliphatic rings. The number of benzene rings is 4. The number of aromatic nitrogens is 1. The third-order valence-electron chi connectivity index (χ3n) is 13.2. The van der Waals surface area contributed by atoms with E-state index in [-0.39, 0.29) is 74.0 Å². The van der Waals surface area contributed by atoms with Gasteiger partial charge < -0.3 is 46.2 Å². The van der Waals surface area contributed by atoms with Gasteiger partial charge in [-0.3, -0.25) is 33.6 Å². The molecule has 4 aromatic carbocycles. The number of ether oxygens (including phenoxy) is 1. The highest BCUT2D eigenvalue weighted by Gasteiger charge is 2.44. The lowest BCUT2D eigenvalue weighted by molar-refractivity contribution is -0.144. The van der Waals surface area contributed by atoms with E-state index in [0.29, 0.717) is 66.2 Å². The second-order valence-electron chi connectivity index (χ2n) is 20.0. The fourth-order valence-corrected chi connectivity index (χ4v) is 9.71. The highest BCUT2D eigenvalue weighted by Crippen LogP contribution is 2.34. The van der Waals surface area contributed by atoms with E-state index in [2.05, 4.69) is 31.6 Å². The van der Waals surface area contributed by atoms with Crippen molar-refractivity contribution in [2.45, 2.75) is 110 Å². The molecule has 1 aliphatic carbocycles. The van der Waals surface area contributed by atoms with Crippen LogP contribution >= 0.6 is 11.3 Å². The van der Waals surface area contributed by atoms with Crippen LogP contribution in [-0.4, -0.2) is 105 Å². The van der Waals surface area contributed by atoms with Gasteiger partial charge in [0.15, 0.2) is 6.61 Å². The van der Waals surface area contributed by atoms with Crippen molar-refractivity contribution in [2.24, 2.45) is 5.41 Å². The monoisotopic (exact) mass is 1010 g/mol. The van der Waals surface area contributed by atoms with E-state index < -0.39 is 29.5 Å². The number of amides is 7. The molecule has 382 valence electrons. The summed E-state index contributed by atoms with van der Waals surface area (Å²) < 4.78 is 5.51. The molecule has 3 atom stereocenters. The number of carbonyl (C=O) groups is 7. The first kappa shape index (κ1) is 51.9. The molecule has 0 spiro atoms. The van der Waals surface area contributed by atoms with E-state index in [1.54, 1.807) is 71.4 Å². The number of unbranched alkanes of at least 4 members (excludes halogenated alkanes) is 2. The molecule has 0 radical (unpaired) electrons. The fourth-order valence-electron chi connectivity index (χ4n) is 8.90. The van der Waals surface area contributed by atoms with Gasteiger partial charge in [0.05, 0.1) is 27.9 Å². The first-order chi connectivity index (χ1) is 35.0. The van der Waals surface area contributed by atoms with E-state index >= 15 is 0 Å². The summed E-state index contributed by atoms with van der Waals surface area (Å²) in [6.07, 6.45) is 2.98. The molecule has 7 amide bonds. The lowest BCUT2D eigenvalue weighted by Gasteiger charge is -2.35. The van der Waals surface area contributed by atoms with E-state index in [1.165, 1.54) is 4.90 Å². The number of carbonyl (C=O) groups excluding carboxylic acids is 7. The minimum atomic E-state index is -0.930. The molecule has 1 aromatic heterocycles. The smallest absolute Gasteiger partial charge is 0.262 e. The van der Waals surface area contributed by atoms with Crippen LogP contribution in [0.15, 0.2) is 96.5 Å². The molecule has 17 nitrogen and oxygen atoms in total. The van der Waals surface area contributed by atoms with Gasteiger partial charge in [0, 0.05) is 67.4 Å². The minimum absolute atomic E-state index is 0.0157. The Bertz CT molecular complexity index is 2840. The third kappa shape index (κ3) is 13.4. The number of nitrogens with zero attached hydrogens (tertiary/aromatic N) is 3. The average molecular weight is 1010 g/mol. The topological polar surface area (TPSA) is 228 Å². The van der Waals surface area contributed by atoms with Gasteiger partial charge in [-0.25, -0.2) is 4.98 Å². The number of likely N-dealkylation sites (tertiary alicyclic amines) is 1. The largest absolute Gasteiger partial charge is 0.482 e. The number of aliphatic hydroxyl groups is 1. The Balaban J connectivity index is 0.736. The number of fused-ring (bicyclic) bond motifs is 1. The maximum atomic E-state index is 14.0. The highest BCUT2D eigenvalue weighted by molar-refractivity contribution is 7.13. The Morgan fingerprint density at radius 1 is 0.863 bits per heavy atom. The van der Waals surface area contributed by atoms with Crippen molar-refractivity contribution in [1.82, 2.24) is 30.7 Å². The molecule has 1 saturated carbocycles. The highest BCUT2D eigenvalue weighted by atomic mass is 32.1. The Hall–Kier alpha value is -7.44. The van der Waals surface area contributed by atoms with Crippen molar-refractivity contribution >= 4 is 64.1 Å². The summed E-state index contributed by atoms with van der Waals surface area (Å²) in [6.45, 7) is 8.38. The molecule has 0 bridgehead atoms. The lowest BCUT2D eigenvalue weighted by Crippen LogP contribution is -2.57. The van der Waals surface area contributed by atoms with Crippen LogP contribution in [0, 0.1) is 12.3 Å². The zero-order valence-corrected chi connectivity index (χ0v) is 42.3. The van der Waals surface area contributed by atoms with Crippen LogP contribution in [0.2, 0.25) is 0 Å². The number of thiazole rings is 1. The van der Waals surface area contributed by atoms with Crippen LogP contribution < -0.4 is 31.3 Å². The van der Waals surface area contributed by atoms with Crippen LogP contribution in [0.5, 0.6) is 5.75 Å². The van der Waals surface area contributed by atoms with E-state index in [9.17, 15) is 38.7 Å². The van der Waals surface area contributed by atoms with Gasteiger partial charge in [-0.15, -0.1) is 11.3 Å². The summed E-state index contributed by atoms with van der Waals surface area (Å²) in [5.41, 5.74) is 7.24. The normalized spacial score (nSPS) is 16.6. The van der Waals surface area contributed by atoms with Crippen molar-refractivity contribution < 1.29 is 43.4 Å². The van der Waals surface area contributed by atoms with Crippen molar-refractivity contribution in [3.05, 3.63) is 130 Å². The third-order valence-corrected chi connectivity index (χ3v) is 14.1. The van der Waals surface area contributed by atoms with Gasteiger partial charge in [0.1, 0.15) is 17.8 Å². The molecule has 73 heavy (non-hydrogen) atoms. The number of hydrogen-bond donors (Lipinski definition) is 6. The summed E-state index contributed by atoms with van der Waals surface area (Å²) in [4.78, 5) is 101. The number of nitrogens with one attached hydrogen (secondary N) is 5. The van der Waals surface area contributed by atoms with Crippen molar-refractivity contribution in [2.75, 3.05) is 30.3 Å². The van der Waals surface area contributed by atoms with Crippen molar-refractivity contribution in [3.8, 4) is 16.2 Å². The molecule has 5 aromatic rings. The molecule has 1 saturated heterocycles. The SMILES string of the molecule is Cc1ncsc1-c1ccc(CNC(=O)[C@@H]2C[C@@H](O)CN2C(=O)[C@@H](NC(=O)CCCCCNC(=O)c2ccc(NC(=O)c3ccc(CN(C(=O)c4ccc5c(c4)OCC(=O)N5)C4CC4)cc3)cc2)C(C)(C)C)cc1. The molecular weight excluding hydrogens is 949 g/mol. The molecule has 3 heterocycles. The van der Waals surface area contributed by atoms with E-state index in [1.807, 2.05) is 69.0 Å². The second kappa shape index (κ2) is 23.0. The molecular formula is C55H62N8O9S. The first-order valence-electron chi connectivity index (χ1n) is 24.7. The predicted octanol–water partition coefficient (Wildman–Crippen LogP) is 6.61. The quantitative estimate of drug-likeness (QED) is 0.0486. The molecule has 6 N–H and O–H groups in total. The van der Waals surface area contributed by atoms with E-state index in [4.69, 9.17) is 4.74 Å². The van der Waals surface area contributed by atoms with Crippen molar-refractivity contribution in [3.63, 3.8) is 0 Å². The van der Waals surface area contributed by atoms with E-state index in [0.717, 1.165) is 40.1 Å². The summed E-state index contributed by atoms with van der Waals surface area (Å²) in [5.74, 6) is -1.62.